The molecular formula is C20H19N5O3. The summed E-state index contributed by atoms with van der Waals surface area (Å²) in [6.45, 7) is 0.0938. The van der Waals surface area contributed by atoms with Crippen molar-refractivity contribution in [2.75, 3.05) is 17.2 Å². The summed E-state index contributed by atoms with van der Waals surface area (Å²) in [6.07, 6.45) is 4.95. The topological polar surface area (TPSA) is 105 Å². The van der Waals surface area contributed by atoms with Gasteiger partial charge in [-0.2, -0.15) is 0 Å². The maximum absolute atomic E-state index is 12.2. The predicted octanol–water partition coefficient (Wildman–Crippen LogP) is 3.59. The summed E-state index contributed by atoms with van der Waals surface area (Å²) in [5, 5.41) is 7.98. The van der Waals surface area contributed by atoms with Crippen LogP contribution in [0.15, 0.2) is 79.4 Å². The van der Waals surface area contributed by atoms with Gasteiger partial charge in [-0.3, -0.25) is 15.3 Å². The third-order valence-electron chi connectivity index (χ3n) is 3.70. The van der Waals surface area contributed by atoms with Crippen LogP contribution in [0.4, 0.5) is 21.0 Å². The van der Waals surface area contributed by atoms with Crippen molar-refractivity contribution in [1.82, 2.24) is 15.3 Å². The molecule has 0 unspecified atom stereocenters. The zero-order valence-electron chi connectivity index (χ0n) is 14.9. The molecule has 8 nitrogen and oxygen atoms in total. The van der Waals surface area contributed by atoms with E-state index in [1.807, 2.05) is 30.3 Å². The fraction of sp³-hybridized carbons (Fsp3) is 0.100. The van der Waals surface area contributed by atoms with Crippen LogP contribution in [0.1, 0.15) is 11.7 Å². The number of anilines is 2. The highest BCUT2D eigenvalue weighted by Gasteiger charge is 2.18. The standard InChI is InChI=1S/C20H19N5O3/c26-19(24-16-8-4-10-21-12-16)23-14-18(15-6-2-1-3-7-15)28-20(27)25-17-9-5-11-22-13-17/h1-13,18H,14H2,(H,25,27)(H2,23,24,26)/t18-/m0/s1. The lowest BCUT2D eigenvalue weighted by atomic mass is 10.1. The quantitative estimate of drug-likeness (QED) is 0.609. The Morgan fingerprint density at radius 3 is 2.11 bits per heavy atom. The fourth-order valence-electron chi connectivity index (χ4n) is 2.41. The molecule has 142 valence electrons. The van der Waals surface area contributed by atoms with Gasteiger partial charge in [0.2, 0.25) is 0 Å². The Balaban J connectivity index is 1.61. The van der Waals surface area contributed by atoms with E-state index < -0.39 is 18.2 Å². The molecule has 3 N–H and O–H groups in total. The lowest BCUT2D eigenvalue weighted by Crippen LogP contribution is -2.34. The molecular weight excluding hydrogens is 358 g/mol. The highest BCUT2D eigenvalue weighted by atomic mass is 16.6. The molecule has 0 bridgehead atoms. The maximum atomic E-state index is 12.2. The maximum Gasteiger partial charge on any atom is 0.412 e. The normalized spacial score (nSPS) is 11.1. The number of pyridine rings is 2. The molecule has 28 heavy (non-hydrogen) atoms. The number of nitrogens with zero attached hydrogens (tertiary/aromatic N) is 2. The number of amides is 3. The first-order valence-corrected chi connectivity index (χ1v) is 8.58. The minimum Gasteiger partial charge on any atom is -0.439 e. The van der Waals surface area contributed by atoms with Crippen molar-refractivity contribution < 1.29 is 14.3 Å². The number of aromatic nitrogens is 2. The first-order valence-electron chi connectivity index (χ1n) is 8.58. The van der Waals surface area contributed by atoms with E-state index >= 15 is 0 Å². The second-order valence-corrected chi connectivity index (χ2v) is 5.75. The van der Waals surface area contributed by atoms with Gasteiger partial charge in [0.25, 0.3) is 0 Å². The van der Waals surface area contributed by atoms with Crippen LogP contribution in [-0.4, -0.2) is 28.6 Å². The molecule has 0 aliphatic heterocycles. The second-order valence-electron chi connectivity index (χ2n) is 5.75. The number of carbonyl (C=O) groups is 2. The zero-order valence-corrected chi connectivity index (χ0v) is 14.9. The number of hydrogen-bond acceptors (Lipinski definition) is 5. The largest absolute Gasteiger partial charge is 0.439 e. The minimum atomic E-state index is -0.669. The number of carbonyl (C=O) groups excluding carboxylic acids is 2. The van der Waals surface area contributed by atoms with Crippen LogP contribution in [0.3, 0.4) is 0 Å². The van der Waals surface area contributed by atoms with Crippen molar-refractivity contribution in [3.05, 3.63) is 84.9 Å². The molecule has 0 saturated carbocycles. The van der Waals surface area contributed by atoms with Crippen molar-refractivity contribution in [2.24, 2.45) is 0 Å². The van der Waals surface area contributed by atoms with E-state index in [-0.39, 0.29) is 6.54 Å². The van der Waals surface area contributed by atoms with Crippen molar-refractivity contribution in [3.63, 3.8) is 0 Å². The van der Waals surface area contributed by atoms with Gasteiger partial charge >= 0.3 is 12.1 Å². The molecule has 1 atom stereocenters. The number of ether oxygens (including phenoxy) is 1. The average molecular weight is 377 g/mol. The predicted molar refractivity (Wildman–Crippen MR) is 105 cm³/mol. The molecule has 2 aromatic heterocycles. The lowest BCUT2D eigenvalue weighted by molar-refractivity contribution is 0.111. The van der Waals surface area contributed by atoms with Gasteiger partial charge in [-0.1, -0.05) is 30.3 Å². The Morgan fingerprint density at radius 2 is 1.50 bits per heavy atom. The SMILES string of the molecule is O=C(NC[C@H](OC(=O)Nc1cccnc1)c1ccccc1)Nc1cccnc1. The minimum absolute atomic E-state index is 0.0938. The molecule has 3 amide bonds. The smallest absolute Gasteiger partial charge is 0.412 e. The molecule has 3 rings (SSSR count). The zero-order chi connectivity index (χ0) is 19.6. The highest BCUT2D eigenvalue weighted by molar-refractivity contribution is 5.89. The Kier molecular flexibility index (Phi) is 6.51. The van der Waals surface area contributed by atoms with Gasteiger partial charge in [-0.05, 0) is 29.8 Å². The van der Waals surface area contributed by atoms with Gasteiger partial charge in [0.15, 0.2) is 0 Å². The van der Waals surface area contributed by atoms with E-state index in [1.165, 1.54) is 12.4 Å². The van der Waals surface area contributed by atoms with Crippen molar-refractivity contribution in [1.29, 1.82) is 0 Å². The Labute approximate surface area is 162 Å². The van der Waals surface area contributed by atoms with Gasteiger partial charge in [0.05, 0.1) is 30.3 Å². The number of benzene rings is 1. The van der Waals surface area contributed by atoms with Gasteiger partial charge in [-0.15, -0.1) is 0 Å². The molecule has 0 aliphatic rings. The van der Waals surface area contributed by atoms with Crippen LogP contribution in [0, 0.1) is 0 Å². The monoisotopic (exact) mass is 377 g/mol. The summed E-state index contributed by atoms with van der Waals surface area (Å²) in [7, 11) is 0. The van der Waals surface area contributed by atoms with E-state index in [4.69, 9.17) is 4.74 Å². The van der Waals surface area contributed by atoms with Crippen molar-refractivity contribution in [2.45, 2.75) is 6.10 Å². The molecule has 1 aromatic carbocycles. The van der Waals surface area contributed by atoms with Crippen LogP contribution in [-0.2, 0) is 4.74 Å². The summed E-state index contributed by atoms with van der Waals surface area (Å²) >= 11 is 0. The summed E-state index contributed by atoms with van der Waals surface area (Å²) in [4.78, 5) is 32.2. The number of rotatable bonds is 6. The summed E-state index contributed by atoms with van der Waals surface area (Å²) in [5.41, 5.74) is 1.83. The van der Waals surface area contributed by atoms with Crippen LogP contribution in [0.25, 0.3) is 0 Å². The van der Waals surface area contributed by atoms with Gasteiger partial charge in [0.1, 0.15) is 6.10 Å². The molecule has 3 aromatic rings. The first-order chi connectivity index (χ1) is 13.7. The molecule has 0 saturated heterocycles. The Morgan fingerprint density at radius 1 is 0.857 bits per heavy atom. The van der Waals surface area contributed by atoms with Crippen LogP contribution in [0.5, 0.6) is 0 Å². The van der Waals surface area contributed by atoms with E-state index in [0.717, 1.165) is 5.56 Å². The molecule has 0 radical (unpaired) electrons. The van der Waals surface area contributed by atoms with E-state index in [9.17, 15) is 9.59 Å². The number of nitrogens with one attached hydrogen (secondary N) is 3. The summed E-state index contributed by atoms with van der Waals surface area (Å²) in [5.74, 6) is 0. The summed E-state index contributed by atoms with van der Waals surface area (Å²) in [6, 6.07) is 15.6. The highest BCUT2D eigenvalue weighted by Crippen LogP contribution is 2.18. The average Bonchev–Trinajstić information content (AvgIpc) is 2.73. The lowest BCUT2D eigenvalue weighted by Gasteiger charge is -2.19. The number of hydrogen-bond donors (Lipinski definition) is 3. The van der Waals surface area contributed by atoms with Crippen LogP contribution >= 0.6 is 0 Å². The molecule has 0 fully saturated rings. The van der Waals surface area contributed by atoms with Gasteiger partial charge in [-0.25, -0.2) is 9.59 Å². The van der Waals surface area contributed by atoms with Crippen LogP contribution < -0.4 is 16.0 Å². The molecule has 8 heteroatoms. The number of urea groups is 1. The molecule has 2 heterocycles. The first kappa shape index (κ1) is 18.8. The van der Waals surface area contributed by atoms with Gasteiger partial charge in [0, 0.05) is 12.4 Å². The Bertz CT molecular complexity index is 891. The fourth-order valence-corrected chi connectivity index (χ4v) is 2.41. The van der Waals surface area contributed by atoms with Crippen molar-refractivity contribution in [3.8, 4) is 0 Å². The van der Waals surface area contributed by atoms with E-state index in [2.05, 4.69) is 25.9 Å². The molecule has 0 spiro atoms. The third kappa shape index (κ3) is 5.80. The summed E-state index contributed by atoms with van der Waals surface area (Å²) < 4.78 is 5.51. The van der Waals surface area contributed by atoms with Gasteiger partial charge < -0.3 is 15.4 Å². The van der Waals surface area contributed by atoms with Crippen molar-refractivity contribution >= 4 is 23.5 Å². The second kappa shape index (κ2) is 9.67. The Hall–Kier alpha value is -3.94. The van der Waals surface area contributed by atoms with E-state index in [0.29, 0.717) is 11.4 Å². The van der Waals surface area contributed by atoms with E-state index in [1.54, 1.807) is 36.7 Å². The molecule has 0 aliphatic carbocycles. The third-order valence-corrected chi connectivity index (χ3v) is 3.70. The van der Waals surface area contributed by atoms with Crippen LogP contribution in [0.2, 0.25) is 0 Å².